The first kappa shape index (κ1) is 12.8. The zero-order valence-corrected chi connectivity index (χ0v) is 10.9. The van der Waals surface area contributed by atoms with E-state index < -0.39 is 0 Å². The van der Waals surface area contributed by atoms with Crippen molar-refractivity contribution in [3.8, 4) is 0 Å². The van der Waals surface area contributed by atoms with Crippen LogP contribution in [0.1, 0.15) is 25.7 Å². The number of nitrogens with two attached hydrogens (primary N) is 1. The van der Waals surface area contributed by atoms with E-state index in [9.17, 15) is 5.11 Å². The van der Waals surface area contributed by atoms with Gasteiger partial charge in [-0.15, -0.1) is 0 Å². The molecular formula is C12H16Cl2N2O. The maximum Gasteiger partial charge on any atom is 0.0741 e. The van der Waals surface area contributed by atoms with Gasteiger partial charge >= 0.3 is 0 Å². The van der Waals surface area contributed by atoms with Gasteiger partial charge in [0.1, 0.15) is 0 Å². The van der Waals surface area contributed by atoms with Gasteiger partial charge in [0, 0.05) is 0 Å². The van der Waals surface area contributed by atoms with Gasteiger partial charge in [-0.25, -0.2) is 0 Å². The van der Waals surface area contributed by atoms with Crippen molar-refractivity contribution < 1.29 is 5.11 Å². The van der Waals surface area contributed by atoms with E-state index in [0.29, 0.717) is 15.7 Å². The molecule has 1 fully saturated rings. The van der Waals surface area contributed by atoms with Crippen molar-refractivity contribution in [2.24, 2.45) is 0 Å². The Balaban J connectivity index is 2.15. The van der Waals surface area contributed by atoms with Crippen LogP contribution in [0.15, 0.2) is 12.1 Å². The fraction of sp³-hybridized carbons (Fsp3) is 0.500. The highest BCUT2D eigenvalue weighted by Crippen LogP contribution is 2.32. The Bertz CT molecular complexity index is 412. The third-order valence-electron chi connectivity index (χ3n) is 3.16. The second-order valence-corrected chi connectivity index (χ2v) is 5.27. The third-order valence-corrected chi connectivity index (χ3v) is 3.88. The molecule has 0 saturated heterocycles. The predicted molar refractivity (Wildman–Crippen MR) is 72.8 cm³/mol. The minimum absolute atomic E-state index is 0.0447. The first-order chi connectivity index (χ1) is 8.08. The number of rotatable bonds is 2. The Morgan fingerprint density at radius 1 is 1.18 bits per heavy atom. The lowest BCUT2D eigenvalue weighted by Gasteiger charge is -2.29. The van der Waals surface area contributed by atoms with Gasteiger partial charge in [-0.3, -0.25) is 0 Å². The first-order valence-corrected chi connectivity index (χ1v) is 6.52. The molecule has 3 nitrogen and oxygen atoms in total. The van der Waals surface area contributed by atoms with Crippen LogP contribution in [0, 0.1) is 0 Å². The maximum absolute atomic E-state index is 9.88. The van der Waals surface area contributed by atoms with Crippen molar-refractivity contribution in [3.63, 3.8) is 0 Å². The fourth-order valence-electron chi connectivity index (χ4n) is 2.17. The van der Waals surface area contributed by atoms with Crippen LogP contribution >= 0.6 is 23.2 Å². The van der Waals surface area contributed by atoms with Crippen molar-refractivity contribution in [1.29, 1.82) is 0 Å². The SMILES string of the molecule is Nc1cc(Cl)c(Cl)cc1NC1CCCCC1O. The molecule has 1 aromatic carbocycles. The molecule has 0 amide bonds. The van der Waals surface area contributed by atoms with Gasteiger partial charge in [0.2, 0.25) is 0 Å². The maximum atomic E-state index is 9.88. The first-order valence-electron chi connectivity index (χ1n) is 5.77. The molecule has 2 rings (SSSR count). The summed E-state index contributed by atoms with van der Waals surface area (Å²) < 4.78 is 0. The van der Waals surface area contributed by atoms with Crippen LogP contribution in [0.5, 0.6) is 0 Å². The Hall–Kier alpha value is -0.640. The number of benzene rings is 1. The van der Waals surface area contributed by atoms with Crippen molar-refractivity contribution in [2.75, 3.05) is 11.1 Å². The molecule has 1 aromatic rings. The van der Waals surface area contributed by atoms with Gasteiger partial charge < -0.3 is 16.2 Å². The molecule has 2 unspecified atom stereocenters. The topological polar surface area (TPSA) is 58.3 Å². The largest absolute Gasteiger partial charge is 0.397 e. The predicted octanol–water partition coefficient (Wildman–Crippen LogP) is 3.29. The Morgan fingerprint density at radius 3 is 2.53 bits per heavy atom. The molecule has 0 spiro atoms. The Labute approximate surface area is 111 Å². The van der Waals surface area contributed by atoms with Crippen LogP contribution in [-0.4, -0.2) is 17.3 Å². The number of hydrogen-bond acceptors (Lipinski definition) is 3. The number of aliphatic hydroxyl groups is 1. The van der Waals surface area contributed by atoms with Crippen molar-refractivity contribution in [1.82, 2.24) is 0 Å². The molecule has 1 aliphatic rings. The van der Waals surface area contributed by atoms with Gasteiger partial charge in [0.05, 0.1) is 33.6 Å². The molecule has 17 heavy (non-hydrogen) atoms. The highest BCUT2D eigenvalue weighted by molar-refractivity contribution is 6.42. The monoisotopic (exact) mass is 274 g/mol. The molecule has 4 N–H and O–H groups in total. The summed E-state index contributed by atoms with van der Waals surface area (Å²) >= 11 is 11.8. The van der Waals surface area contributed by atoms with Crippen LogP contribution in [0.25, 0.3) is 0 Å². The highest BCUT2D eigenvalue weighted by atomic mass is 35.5. The van der Waals surface area contributed by atoms with E-state index in [1.807, 2.05) is 0 Å². The number of halogens is 2. The van der Waals surface area contributed by atoms with Crippen LogP contribution in [0.2, 0.25) is 10.0 Å². The summed E-state index contributed by atoms with van der Waals surface area (Å²) in [6.45, 7) is 0. The number of nitrogens with one attached hydrogen (secondary N) is 1. The molecule has 0 aliphatic heterocycles. The van der Waals surface area contributed by atoms with Crippen molar-refractivity contribution in [3.05, 3.63) is 22.2 Å². The molecule has 0 aromatic heterocycles. The van der Waals surface area contributed by atoms with Gasteiger partial charge in [-0.2, -0.15) is 0 Å². The summed E-state index contributed by atoms with van der Waals surface area (Å²) in [5.74, 6) is 0. The molecule has 1 saturated carbocycles. The average Bonchev–Trinajstić information content (AvgIpc) is 2.29. The van der Waals surface area contributed by atoms with Crippen LogP contribution in [0.4, 0.5) is 11.4 Å². The molecule has 0 bridgehead atoms. The number of hydrogen-bond donors (Lipinski definition) is 3. The second kappa shape index (κ2) is 5.34. The molecular weight excluding hydrogens is 259 g/mol. The van der Waals surface area contributed by atoms with E-state index in [1.165, 1.54) is 0 Å². The minimum Gasteiger partial charge on any atom is -0.397 e. The fourth-order valence-corrected chi connectivity index (χ4v) is 2.50. The molecule has 94 valence electrons. The molecule has 0 heterocycles. The zero-order valence-electron chi connectivity index (χ0n) is 9.42. The Kier molecular flexibility index (Phi) is 4.02. The second-order valence-electron chi connectivity index (χ2n) is 4.46. The van der Waals surface area contributed by atoms with Crippen LogP contribution < -0.4 is 11.1 Å². The van der Waals surface area contributed by atoms with Gasteiger partial charge in [-0.05, 0) is 25.0 Å². The number of anilines is 2. The summed E-state index contributed by atoms with van der Waals surface area (Å²) in [5, 5.41) is 14.0. The molecule has 5 heteroatoms. The van der Waals surface area contributed by atoms with E-state index in [1.54, 1.807) is 12.1 Å². The molecule has 1 aliphatic carbocycles. The summed E-state index contributed by atoms with van der Waals surface area (Å²) in [4.78, 5) is 0. The smallest absolute Gasteiger partial charge is 0.0741 e. The number of nitrogen functional groups attached to an aromatic ring is 1. The quantitative estimate of drug-likeness (QED) is 0.726. The molecule has 2 atom stereocenters. The minimum atomic E-state index is -0.322. The summed E-state index contributed by atoms with van der Waals surface area (Å²) in [6, 6.07) is 3.38. The van der Waals surface area contributed by atoms with E-state index >= 15 is 0 Å². The highest BCUT2D eigenvalue weighted by Gasteiger charge is 2.23. The Morgan fingerprint density at radius 2 is 1.82 bits per heavy atom. The van der Waals surface area contributed by atoms with Gasteiger partial charge in [0.15, 0.2) is 0 Å². The van der Waals surface area contributed by atoms with Crippen molar-refractivity contribution in [2.45, 2.75) is 37.8 Å². The lowest BCUT2D eigenvalue weighted by Crippen LogP contribution is -2.36. The standard InChI is InChI=1S/C12H16Cl2N2O/c13-7-5-9(15)11(6-8(7)14)16-10-3-1-2-4-12(10)17/h5-6,10,12,16-17H,1-4,15H2. The lowest BCUT2D eigenvalue weighted by molar-refractivity contribution is 0.116. The van der Waals surface area contributed by atoms with Gasteiger partial charge in [-0.1, -0.05) is 36.0 Å². The van der Waals surface area contributed by atoms with E-state index in [0.717, 1.165) is 31.4 Å². The van der Waals surface area contributed by atoms with E-state index in [2.05, 4.69) is 5.32 Å². The normalized spacial score (nSPS) is 24.6. The average molecular weight is 275 g/mol. The van der Waals surface area contributed by atoms with E-state index in [-0.39, 0.29) is 12.1 Å². The zero-order chi connectivity index (χ0) is 12.4. The molecule has 0 radical (unpaired) electrons. The number of aliphatic hydroxyl groups excluding tert-OH is 1. The summed E-state index contributed by atoms with van der Waals surface area (Å²) in [6.07, 6.45) is 3.66. The lowest BCUT2D eigenvalue weighted by atomic mass is 9.92. The van der Waals surface area contributed by atoms with Crippen LogP contribution in [0.3, 0.4) is 0 Å². The van der Waals surface area contributed by atoms with Crippen molar-refractivity contribution >= 4 is 34.6 Å². The van der Waals surface area contributed by atoms with E-state index in [4.69, 9.17) is 28.9 Å². The summed E-state index contributed by atoms with van der Waals surface area (Å²) in [5.41, 5.74) is 7.16. The summed E-state index contributed by atoms with van der Waals surface area (Å²) in [7, 11) is 0. The van der Waals surface area contributed by atoms with Crippen LogP contribution in [-0.2, 0) is 0 Å². The third kappa shape index (κ3) is 2.97. The van der Waals surface area contributed by atoms with Gasteiger partial charge in [0.25, 0.3) is 0 Å².